The summed E-state index contributed by atoms with van der Waals surface area (Å²) in [5.74, 6) is 0. The molecule has 0 aliphatic rings. The summed E-state index contributed by atoms with van der Waals surface area (Å²) in [7, 11) is 0. The lowest BCUT2D eigenvalue weighted by molar-refractivity contribution is 0.186. The van der Waals surface area contributed by atoms with Crippen molar-refractivity contribution < 1.29 is 5.11 Å². The molecule has 1 nitrogen and oxygen atoms in total. The topological polar surface area (TPSA) is 20.2 Å². The van der Waals surface area contributed by atoms with E-state index in [-0.39, 0.29) is 6.10 Å². The third kappa shape index (κ3) is 7.48. The zero-order valence-electron chi connectivity index (χ0n) is 7.02. The van der Waals surface area contributed by atoms with Gasteiger partial charge in [-0.1, -0.05) is 0 Å². The number of aliphatic hydroxyl groups is 1. The smallest absolute Gasteiger partial charge is 0.0515 e. The summed E-state index contributed by atoms with van der Waals surface area (Å²) in [6, 6.07) is 0. The molecule has 0 saturated heterocycles. The second kappa shape index (κ2) is 5.28. The van der Waals surface area contributed by atoms with Gasteiger partial charge in [0.25, 0.3) is 0 Å². The van der Waals surface area contributed by atoms with Crippen LogP contribution in [0.5, 0.6) is 0 Å². The Hall–Kier alpha value is -0.520. The van der Waals surface area contributed by atoms with Crippen LogP contribution in [0.15, 0.2) is 17.4 Å². The molecule has 10 heavy (non-hydrogen) atoms. The first-order valence-electron chi connectivity index (χ1n) is 3.69. The normalized spacial score (nSPS) is 12.0. The number of allylic oxidation sites excluding steroid dienone is 1. The van der Waals surface area contributed by atoms with Crippen molar-refractivity contribution in [3.63, 3.8) is 0 Å². The lowest BCUT2D eigenvalue weighted by Gasteiger charge is -1.96. The van der Waals surface area contributed by atoms with Crippen molar-refractivity contribution in [3.8, 4) is 0 Å². The average Bonchev–Trinajstić information content (AvgIpc) is 1.79. The summed E-state index contributed by atoms with van der Waals surface area (Å²) in [5.41, 5.74) is 4.27. The van der Waals surface area contributed by atoms with Crippen molar-refractivity contribution >= 4 is 0 Å². The molecule has 0 radical (unpaired) electrons. The molecule has 1 N–H and O–H groups in total. The molecular formula is C9H16O. The monoisotopic (exact) mass is 140 g/mol. The van der Waals surface area contributed by atoms with E-state index in [1.54, 1.807) is 6.92 Å². The van der Waals surface area contributed by atoms with Crippen LogP contribution in [0.25, 0.3) is 0 Å². The molecule has 0 aromatic heterocycles. The van der Waals surface area contributed by atoms with Crippen LogP contribution in [0, 0.1) is 0 Å². The van der Waals surface area contributed by atoms with Crippen LogP contribution in [-0.2, 0) is 0 Å². The molecule has 0 fully saturated rings. The maximum atomic E-state index is 8.86. The van der Waals surface area contributed by atoms with Gasteiger partial charge in [0, 0.05) is 0 Å². The van der Waals surface area contributed by atoms with Crippen LogP contribution < -0.4 is 0 Å². The van der Waals surface area contributed by atoms with Crippen LogP contribution in [-0.4, -0.2) is 11.2 Å². The van der Waals surface area contributed by atoms with Crippen LogP contribution in [0.3, 0.4) is 0 Å². The molecule has 0 saturated carbocycles. The van der Waals surface area contributed by atoms with E-state index in [9.17, 15) is 0 Å². The van der Waals surface area contributed by atoms with Crippen molar-refractivity contribution in [3.05, 3.63) is 17.4 Å². The Bertz CT molecular complexity index is 135. The van der Waals surface area contributed by atoms with Crippen molar-refractivity contribution in [2.24, 2.45) is 0 Å². The van der Waals surface area contributed by atoms with Gasteiger partial charge < -0.3 is 5.11 Å². The number of hydrogen-bond acceptors (Lipinski definition) is 1. The molecule has 0 spiro atoms. The fourth-order valence-corrected chi connectivity index (χ4v) is 0.601. The molecule has 0 aromatic rings. The van der Waals surface area contributed by atoms with Crippen LogP contribution in [0.1, 0.15) is 33.6 Å². The lowest BCUT2D eigenvalue weighted by atomic mass is 10.2. The van der Waals surface area contributed by atoms with Crippen molar-refractivity contribution in [1.29, 1.82) is 0 Å². The first-order valence-corrected chi connectivity index (χ1v) is 3.69. The Morgan fingerprint density at radius 3 is 2.60 bits per heavy atom. The molecule has 0 aliphatic carbocycles. The lowest BCUT2D eigenvalue weighted by Crippen LogP contribution is -1.96. The summed E-state index contributed by atoms with van der Waals surface area (Å²) in [5, 5.41) is 8.86. The van der Waals surface area contributed by atoms with Crippen LogP contribution in [0.2, 0.25) is 0 Å². The predicted octanol–water partition coefficient (Wildman–Crippen LogP) is 2.27. The Labute approximate surface area is 63.1 Å². The Kier molecular flexibility index (Phi) is 5.00. The van der Waals surface area contributed by atoms with Gasteiger partial charge in [-0.15, -0.1) is 5.73 Å². The van der Waals surface area contributed by atoms with E-state index >= 15 is 0 Å². The number of hydrogen-bond donors (Lipinski definition) is 1. The number of rotatable bonds is 3. The quantitative estimate of drug-likeness (QED) is 0.596. The highest BCUT2D eigenvalue weighted by atomic mass is 16.3. The van der Waals surface area contributed by atoms with Crippen molar-refractivity contribution in [2.45, 2.75) is 39.7 Å². The van der Waals surface area contributed by atoms with E-state index in [0.29, 0.717) is 0 Å². The minimum absolute atomic E-state index is 0.185. The zero-order valence-corrected chi connectivity index (χ0v) is 7.02. The van der Waals surface area contributed by atoms with Gasteiger partial charge in [0.15, 0.2) is 0 Å². The van der Waals surface area contributed by atoms with Crippen molar-refractivity contribution in [1.82, 2.24) is 0 Å². The van der Waals surface area contributed by atoms with Gasteiger partial charge in [-0.05, 0) is 45.3 Å². The first-order chi connectivity index (χ1) is 4.63. The van der Waals surface area contributed by atoms with Gasteiger partial charge >= 0.3 is 0 Å². The summed E-state index contributed by atoms with van der Waals surface area (Å²) in [6.07, 6.45) is 3.54. The molecular weight excluding hydrogens is 124 g/mol. The number of aliphatic hydroxyl groups excluding tert-OH is 1. The van der Waals surface area contributed by atoms with E-state index in [1.807, 2.05) is 19.9 Å². The zero-order chi connectivity index (χ0) is 7.98. The summed E-state index contributed by atoms with van der Waals surface area (Å²) in [4.78, 5) is 0. The molecule has 0 aromatic carbocycles. The molecule has 0 bridgehead atoms. The van der Waals surface area contributed by atoms with Crippen molar-refractivity contribution in [2.75, 3.05) is 0 Å². The standard InChI is InChI=1S/C9H16O/c1-8(2)6-4-5-7-9(3)10/h4,9-10H,5,7H2,1-3H3. The third-order valence-corrected chi connectivity index (χ3v) is 1.12. The van der Waals surface area contributed by atoms with Gasteiger partial charge in [-0.25, -0.2) is 0 Å². The van der Waals surface area contributed by atoms with Gasteiger partial charge in [0.1, 0.15) is 0 Å². The van der Waals surface area contributed by atoms with Gasteiger partial charge in [-0.2, -0.15) is 0 Å². The SMILES string of the molecule is CC(C)=C=CCCC(C)O. The molecule has 58 valence electrons. The fraction of sp³-hybridized carbons (Fsp3) is 0.667. The third-order valence-electron chi connectivity index (χ3n) is 1.12. The van der Waals surface area contributed by atoms with E-state index in [4.69, 9.17) is 5.11 Å². The van der Waals surface area contributed by atoms with E-state index in [0.717, 1.165) is 12.8 Å². The maximum absolute atomic E-state index is 8.86. The van der Waals surface area contributed by atoms with E-state index in [1.165, 1.54) is 5.57 Å². The molecule has 1 unspecified atom stereocenters. The van der Waals surface area contributed by atoms with E-state index in [2.05, 4.69) is 5.73 Å². The largest absolute Gasteiger partial charge is 0.393 e. The van der Waals surface area contributed by atoms with Crippen LogP contribution in [0.4, 0.5) is 0 Å². The highest BCUT2D eigenvalue weighted by molar-refractivity contribution is 4.93. The fourth-order valence-electron chi connectivity index (χ4n) is 0.601. The molecule has 1 atom stereocenters. The minimum Gasteiger partial charge on any atom is -0.393 e. The Morgan fingerprint density at radius 2 is 2.20 bits per heavy atom. The second-order valence-electron chi connectivity index (χ2n) is 2.77. The van der Waals surface area contributed by atoms with Crippen LogP contribution >= 0.6 is 0 Å². The maximum Gasteiger partial charge on any atom is 0.0515 e. The molecule has 0 aliphatic heterocycles. The first kappa shape index (κ1) is 9.48. The predicted molar refractivity (Wildman–Crippen MR) is 43.9 cm³/mol. The Morgan fingerprint density at radius 1 is 1.60 bits per heavy atom. The summed E-state index contributed by atoms with van der Waals surface area (Å²) in [6.45, 7) is 5.83. The molecule has 0 heterocycles. The highest BCUT2D eigenvalue weighted by Crippen LogP contribution is 1.96. The van der Waals surface area contributed by atoms with Gasteiger partial charge in [-0.3, -0.25) is 0 Å². The van der Waals surface area contributed by atoms with Gasteiger partial charge in [0.2, 0.25) is 0 Å². The summed E-state index contributed by atoms with van der Waals surface area (Å²) < 4.78 is 0. The molecule has 0 rings (SSSR count). The Balaban J connectivity index is 3.46. The molecule has 0 amide bonds. The van der Waals surface area contributed by atoms with E-state index < -0.39 is 0 Å². The molecule has 1 heteroatoms. The second-order valence-corrected chi connectivity index (χ2v) is 2.77. The average molecular weight is 140 g/mol. The summed E-state index contributed by atoms with van der Waals surface area (Å²) >= 11 is 0. The minimum atomic E-state index is -0.185. The van der Waals surface area contributed by atoms with Gasteiger partial charge in [0.05, 0.1) is 6.10 Å². The highest BCUT2D eigenvalue weighted by Gasteiger charge is 1.89.